The van der Waals surface area contributed by atoms with Crippen LogP contribution in [0, 0.1) is 5.92 Å². The van der Waals surface area contributed by atoms with E-state index < -0.39 is 24.1 Å². The van der Waals surface area contributed by atoms with Crippen molar-refractivity contribution < 1.29 is 20.1 Å². The second-order valence-corrected chi connectivity index (χ2v) is 3.05. The first-order valence-electron chi connectivity index (χ1n) is 3.68. The van der Waals surface area contributed by atoms with Gasteiger partial charge in [0.15, 0.2) is 0 Å². The van der Waals surface area contributed by atoms with E-state index in [0.29, 0.717) is 6.42 Å². The summed E-state index contributed by atoms with van der Waals surface area (Å²) in [5.41, 5.74) is 0. The standard InChI is InChI=1S/C7H12O4/c8-5-1-4(7(10)11)2-6(9)3-5/h4-6,8-9H,1-3H2,(H,10,11)/t5-,6-/m0/s1. The summed E-state index contributed by atoms with van der Waals surface area (Å²) in [6.07, 6.45) is -0.456. The van der Waals surface area contributed by atoms with E-state index in [1.54, 1.807) is 0 Å². The summed E-state index contributed by atoms with van der Waals surface area (Å²) in [6, 6.07) is 0. The maximum absolute atomic E-state index is 10.4. The van der Waals surface area contributed by atoms with E-state index in [1.807, 2.05) is 0 Å². The summed E-state index contributed by atoms with van der Waals surface area (Å²) in [4.78, 5) is 10.4. The van der Waals surface area contributed by atoms with Crippen LogP contribution in [0.5, 0.6) is 0 Å². The molecule has 0 amide bonds. The SMILES string of the molecule is O=C(O)C1C[C@H](O)C[C@@H](O)C1. The lowest BCUT2D eigenvalue weighted by Gasteiger charge is -2.26. The molecular formula is C7H12O4. The maximum Gasteiger partial charge on any atom is 0.306 e. The first kappa shape index (κ1) is 8.49. The molecule has 0 aromatic heterocycles. The Labute approximate surface area is 64.5 Å². The molecule has 64 valence electrons. The van der Waals surface area contributed by atoms with E-state index in [2.05, 4.69) is 0 Å². The van der Waals surface area contributed by atoms with Gasteiger partial charge in [0.05, 0.1) is 18.1 Å². The largest absolute Gasteiger partial charge is 0.481 e. The number of carboxylic acid groups (broad SMARTS) is 1. The second kappa shape index (κ2) is 3.19. The van der Waals surface area contributed by atoms with Gasteiger partial charge in [-0.25, -0.2) is 0 Å². The molecule has 0 saturated heterocycles. The number of aliphatic carboxylic acids is 1. The van der Waals surface area contributed by atoms with Crippen LogP contribution in [0.1, 0.15) is 19.3 Å². The van der Waals surface area contributed by atoms with Crippen molar-refractivity contribution in [3.63, 3.8) is 0 Å². The van der Waals surface area contributed by atoms with Gasteiger partial charge in [0.1, 0.15) is 0 Å². The molecular weight excluding hydrogens is 148 g/mol. The van der Waals surface area contributed by atoms with E-state index in [0.717, 1.165) is 0 Å². The normalized spacial score (nSPS) is 38.5. The van der Waals surface area contributed by atoms with Crippen LogP contribution in [0.2, 0.25) is 0 Å². The maximum atomic E-state index is 10.4. The molecule has 0 heterocycles. The molecule has 0 unspecified atom stereocenters. The Morgan fingerprint density at radius 3 is 1.91 bits per heavy atom. The van der Waals surface area contributed by atoms with Crippen molar-refractivity contribution in [3.8, 4) is 0 Å². The highest BCUT2D eigenvalue weighted by Gasteiger charge is 2.30. The molecule has 1 saturated carbocycles. The van der Waals surface area contributed by atoms with Crippen LogP contribution in [0.15, 0.2) is 0 Å². The van der Waals surface area contributed by atoms with Gasteiger partial charge in [-0.1, -0.05) is 0 Å². The molecule has 0 radical (unpaired) electrons. The molecule has 0 aromatic carbocycles. The van der Waals surface area contributed by atoms with Crippen LogP contribution < -0.4 is 0 Å². The van der Waals surface area contributed by atoms with Crippen LogP contribution in [0.4, 0.5) is 0 Å². The third-order valence-electron chi connectivity index (χ3n) is 2.01. The zero-order valence-corrected chi connectivity index (χ0v) is 6.10. The average molecular weight is 160 g/mol. The summed E-state index contributed by atoms with van der Waals surface area (Å²) >= 11 is 0. The van der Waals surface area contributed by atoms with Gasteiger partial charge in [-0.05, 0) is 19.3 Å². The van der Waals surface area contributed by atoms with Gasteiger partial charge in [0, 0.05) is 0 Å². The minimum absolute atomic E-state index is 0.270. The Balaban J connectivity index is 2.49. The highest BCUT2D eigenvalue weighted by atomic mass is 16.4. The highest BCUT2D eigenvalue weighted by Crippen LogP contribution is 2.24. The molecule has 1 aliphatic rings. The van der Waals surface area contributed by atoms with Crippen molar-refractivity contribution in [3.05, 3.63) is 0 Å². The molecule has 11 heavy (non-hydrogen) atoms. The van der Waals surface area contributed by atoms with E-state index in [1.165, 1.54) is 0 Å². The molecule has 1 fully saturated rings. The fourth-order valence-corrected chi connectivity index (χ4v) is 1.46. The van der Waals surface area contributed by atoms with Gasteiger partial charge in [-0.3, -0.25) is 4.79 Å². The van der Waals surface area contributed by atoms with Crippen molar-refractivity contribution >= 4 is 5.97 Å². The van der Waals surface area contributed by atoms with Gasteiger partial charge in [-0.15, -0.1) is 0 Å². The zero-order valence-electron chi connectivity index (χ0n) is 6.10. The predicted octanol–water partition coefficient (Wildman–Crippen LogP) is -0.407. The number of carbonyl (C=O) groups is 1. The monoisotopic (exact) mass is 160 g/mol. The smallest absolute Gasteiger partial charge is 0.306 e. The Morgan fingerprint density at radius 1 is 1.09 bits per heavy atom. The fraction of sp³-hybridized carbons (Fsp3) is 0.857. The van der Waals surface area contributed by atoms with E-state index in [4.69, 9.17) is 15.3 Å². The summed E-state index contributed by atoms with van der Waals surface area (Å²) in [6.45, 7) is 0. The van der Waals surface area contributed by atoms with Crippen LogP contribution in [0.3, 0.4) is 0 Å². The summed E-state index contributed by atoms with van der Waals surface area (Å²) in [7, 11) is 0. The molecule has 1 rings (SSSR count). The third-order valence-corrected chi connectivity index (χ3v) is 2.01. The van der Waals surface area contributed by atoms with Crippen molar-refractivity contribution in [1.29, 1.82) is 0 Å². The van der Waals surface area contributed by atoms with Crippen molar-refractivity contribution in [2.45, 2.75) is 31.5 Å². The van der Waals surface area contributed by atoms with E-state index in [9.17, 15) is 4.79 Å². The lowest BCUT2D eigenvalue weighted by Crippen LogP contribution is -2.33. The van der Waals surface area contributed by atoms with Gasteiger partial charge in [-0.2, -0.15) is 0 Å². The van der Waals surface area contributed by atoms with Gasteiger partial charge < -0.3 is 15.3 Å². The molecule has 4 nitrogen and oxygen atoms in total. The predicted molar refractivity (Wildman–Crippen MR) is 37.0 cm³/mol. The molecule has 0 aliphatic heterocycles. The van der Waals surface area contributed by atoms with Crippen molar-refractivity contribution in [1.82, 2.24) is 0 Å². The zero-order chi connectivity index (χ0) is 8.43. The van der Waals surface area contributed by atoms with Crippen molar-refractivity contribution in [2.75, 3.05) is 0 Å². The summed E-state index contributed by atoms with van der Waals surface area (Å²) in [5, 5.41) is 26.7. The molecule has 0 aromatic rings. The summed E-state index contributed by atoms with van der Waals surface area (Å²) < 4.78 is 0. The lowest BCUT2D eigenvalue weighted by molar-refractivity contribution is -0.146. The molecule has 2 atom stereocenters. The van der Waals surface area contributed by atoms with Crippen LogP contribution >= 0.6 is 0 Å². The first-order valence-corrected chi connectivity index (χ1v) is 3.68. The number of aliphatic hydroxyl groups excluding tert-OH is 2. The Bertz CT molecular complexity index is 147. The van der Waals surface area contributed by atoms with Gasteiger partial charge >= 0.3 is 5.97 Å². The number of hydrogen-bond acceptors (Lipinski definition) is 3. The van der Waals surface area contributed by atoms with E-state index >= 15 is 0 Å². The topological polar surface area (TPSA) is 77.8 Å². The Kier molecular flexibility index (Phi) is 2.46. The number of carboxylic acids is 1. The quantitative estimate of drug-likeness (QED) is 0.487. The number of hydrogen-bond donors (Lipinski definition) is 3. The molecule has 4 heteroatoms. The molecule has 3 N–H and O–H groups in total. The highest BCUT2D eigenvalue weighted by molar-refractivity contribution is 5.70. The first-order chi connectivity index (χ1) is 5.09. The Hall–Kier alpha value is -0.610. The number of rotatable bonds is 1. The lowest BCUT2D eigenvalue weighted by atomic mass is 9.85. The minimum atomic E-state index is -0.928. The third kappa shape index (κ3) is 2.17. The second-order valence-electron chi connectivity index (χ2n) is 3.05. The molecule has 0 spiro atoms. The number of aliphatic hydroxyl groups is 2. The summed E-state index contributed by atoms with van der Waals surface area (Å²) in [5.74, 6) is -1.50. The van der Waals surface area contributed by atoms with E-state index in [-0.39, 0.29) is 12.8 Å². The van der Waals surface area contributed by atoms with Gasteiger partial charge in [0.2, 0.25) is 0 Å². The average Bonchev–Trinajstić information content (AvgIpc) is 1.85. The van der Waals surface area contributed by atoms with Crippen LogP contribution in [-0.2, 0) is 4.79 Å². The fourth-order valence-electron chi connectivity index (χ4n) is 1.46. The molecule has 0 bridgehead atoms. The minimum Gasteiger partial charge on any atom is -0.481 e. The Morgan fingerprint density at radius 2 is 1.55 bits per heavy atom. The molecule has 1 aliphatic carbocycles. The van der Waals surface area contributed by atoms with Crippen molar-refractivity contribution in [2.24, 2.45) is 5.92 Å². The van der Waals surface area contributed by atoms with Gasteiger partial charge in [0.25, 0.3) is 0 Å². The van der Waals surface area contributed by atoms with Crippen LogP contribution in [0.25, 0.3) is 0 Å². The van der Waals surface area contributed by atoms with Crippen LogP contribution in [-0.4, -0.2) is 33.5 Å².